The number of benzene rings is 1. The van der Waals surface area contributed by atoms with Crippen LogP contribution in [0, 0.1) is 12.8 Å². The van der Waals surface area contributed by atoms with E-state index >= 15 is 0 Å². The summed E-state index contributed by atoms with van der Waals surface area (Å²) in [5.74, 6) is 0.790. The van der Waals surface area contributed by atoms with Crippen molar-refractivity contribution in [1.82, 2.24) is 5.32 Å². The molecule has 0 atom stereocenters. The van der Waals surface area contributed by atoms with E-state index in [0.29, 0.717) is 12.1 Å². The van der Waals surface area contributed by atoms with Gasteiger partial charge in [0, 0.05) is 29.8 Å². The molecule has 0 saturated heterocycles. The number of hydrogen-bond acceptors (Lipinski definition) is 2. The second kappa shape index (κ2) is 7.06. The second-order valence-corrected chi connectivity index (χ2v) is 5.95. The Hall–Kier alpha value is -0.870. The maximum absolute atomic E-state index is 11.9. The molecule has 1 aliphatic carbocycles. The van der Waals surface area contributed by atoms with Crippen molar-refractivity contribution >= 4 is 21.8 Å². The molecule has 0 radical (unpaired) electrons. The molecule has 3 nitrogen and oxygen atoms in total. The summed E-state index contributed by atoms with van der Waals surface area (Å²) >= 11 is 3.43. The lowest BCUT2D eigenvalue weighted by atomic mass is 10.1. The minimum atomic E-state index is -0.0159. The van der Waals surface area contributed by atoms with E-state index < -0.39 is 0 Å². The fourth-order valence-corrected chi connectivity index (χ4v) is 2.05. The van der Waals surface area contributed by atoms with E-state index in [-0.39, 0.29) is 5.91 Å². The fraction of sp³-hybridized carbons (Fsp3) is 0.533. The molecule has 0 aromatic heterocycles. The molecule has 1 N–H and O–H groups in total. The zero-order valence-corrected chi connectivity index (χ0v) is 12.8. The third-order valence-corrected chi connectivity index (χ3v) is 4.11. The first-order valence-corrected chi connectivity index (χ1v) is 7.58. The number of ether oxygens (including phenoxy) is 1. The molecule has 19 heavy (non-hydrogen) atoms. The van der Waals surface area contributed by atoms with Gasteiger partial charge in [0.25, 0.3) is 5.91 Å². The predicted molar refractivity (Wildman–Crippen MR) is 79.4 cm³/mol. The number of amides is 1. The summed E-state index contributed by atoms with van der Waals surface area (Å²) in [6.45, 7) is 4.27. The number of halogens is 1. The first-order chi connectivity index (χ1) is 9.16. The molecule has 0 unspecified atom stereocenters. The van der Waals surface area contributed by atoms with Crippen LogP contribution in [0.15, 0.2) is 22.7 Å². The van der Waals surface area contributed by atoms with Gasteiger partial charge in [0.15, 0.2) is 0 Å². The number of aryl methyl sites for hydroxylation is 1. The van der Waals surface area contributed by atoms with Gasteiger partial charge in [0.2, 0.25) is 0 Å². The van der Waals surface area contributed by atoms with Gasteiger partial charge in [0.05, 0.1) is 0 Å². The fourth-order valence-electron chi connectivity index (χ4n) is 1.80. The van der Waals surface area contributed by atoms with Gasteiger partial charge in [-0.1, -0.05) is 15.9 Å². The number of carbonyl (C=O) groups excluding carboxylic acids is 1. The number of hydrogen-bond donors (Lipinski definition) is 1. The smallest absolute Gasteiger partial charge is 0.251 e. The quantitative estimate of drug-likeness (QED) is 0.781. The molecule has 1 saturated carbocycles. The first kappa shape index (κ1) is 14.5. The topological polar surface area (TPSA) is 38.3 Å². The summed E-state index contributed by atoms with van der Waals surface area (Å²) in [7, 11) is 0. The molecule has 0 heterocycles. The highest BCUT2D eigenvalue weighted by Crippen LogP contribution is 2.28. The van der Waals surface area contributed by atoms with Crippen molar-refractivity contribution in [2.45, 2.75) is 26.2 Å². The van der Waals surface area contributed by atoms with Gasteiger partial charge in [-0.3, -0.25) is 4.79 Å². The lowest BCUT2D eigenvalue weighted by Gasteiger charge is -2.07. The molecular weight excluding hydrogens is 306 g/mol. The van der Waals surface area contributed by atoms with Gasteiger partial charge in [-0.05, 0) is 55.9 Å². The van der Waals surface area contributed by atoms with Crippen LogP contribution < -0.4 is 5.32 Å². The largest absolute Gasteiger partial charge is 0.381 e. The lowest BCUT2D eigenvalue weighted by Crippen LogP contribution is -2.25. The first-order valence-electron chi connectivity index (χ1n) is 6.79. The van der Waals surface area contributed by atoms with E-state index in [9.17, 15) is 4.79 Å². The van der Waals surface area contributed by atoms with E-state index in [1.807, 2.05) is 25.1 Å². The van der Waals surface area contributed by atoms with Crippen molar-refractivity contribution in [3.05, 3.63) is 33.8 Å². The normalized spacial score (nSPS) is 14.4. The molecule has 0 aliphatic heterocycles. The van der Waals surface area contributed by atoms with Crippen LogP contribution in [0.3, 0.4) is 0 Å². The maximum atomic E-state index is 11.9. The van der Waals surface area contributed by atoms with Crippen LogP contribution in [0.2, 0.25) is 0 Å². The Balaban J connectivity index is 1.63. The molecule has 2 rings (SSSR count). The molecule has 0 spiro atoms. The molecule has 1 aliphatic rings. The van der Waals surface area contributed by atoms with Crippen LogP contribution in [0.5, 0.6) is 0 Å². The molecule has 104 valence electrons. The van der Waals surface area contributed by atoms with Crippen LogP contribution in [0.25, 0.3) is 0 Å². The van der Waals surface area contributed by atoms with Crippen LogP contribution >= 0.6 is 15.9 Å². The van der Waals surface area contributed by atoms with E-state index in [2.05, 4.69) is 21.2 Å². The number of carbonyl (C=O) groups is 1. The Bertz CT molecular complexity index is 444. The molecular formula is C15H20BrNO2. The van der Waals surface area contributed by atoms with Gasteiger partial charge in [0.1, 0.15) is 0 Å². The van der Waals surface area contributed by atoms with Crippen LogP contribution in [0.4, 0.5) is 0 Å². The Morgan fingerprint density at radius 3 is 2.95 bits per heavy atom. The minimum absolute atomic E-state index is 0.0159. The number of rotatable bonds is 7. The minimum Gasteiger partial charge on any atom is -0.381 e. The second-order valence-electron chi connectivity index (χ2n) is 5.09. The van der Waals surface area contributed by atoms with Crippen LogP contribution in [-0.4, -0.2) is 25.7 Å². The van der Waals surface area contributed by atoms with Crippen molar-refractivity contribution in [2.75, 3.05) is 19.8 Å². The van der Waals surface area contributed by atoms with Gasteiger partial charge >= 0.3 is 0 Å². The highest BCUT2D eigenvalue weighted by Gasteiger charge is 2.20. The summed E-state index contributed by atoms with van der Waals surface area (Å²) in [4.78, 5) is 11.9. The molecule has 1 aromatic carbocycles. The third-order valence-electron chi connectivity index (χ3n) is 3.22. The molecule has 1 amide bonds. The SMILES string of the molecule is Cc1cc(C(=O)NCCCOCC2CC2)ccc1Br. The zero-order valence-electron chi connectivity index (χ0n) is 11.2. The zero-order chi connectivity index (χ0) is 13.7. The van der Waals surface area contributed by atoms with Gasteiger partial charge < -0.3 is 10.1 Å². The summed E-state index contributed by atoms with van der Waals surface area (Å²) in [5.41, 5.74) is 1.78. The number of nitrogens with one attached hydrogen (secondary N) is 1. The van der Waals surface area contributed by atoms with Crippen molar-refractivity contribution in [2.24, 2.45) is 5.92 Å². The molecule has 4 heteroatoms. The van der Waals surface area contributed by atoms with Crippen LogP contribution in [-0.2, 0) is 4.74 Å². The average molecular weight is 326 g/mol. The third kappa shape index (κ3) is 4.96. The highest BCUT2D eigenvalue weighted by molar-refractivity contribution is 9.10. The van der Waals surface area contributed by atoms with Crippen LogP contribution in [0.1, 0.15) is 35.2 Å². The molecule has 1 aromatic rings. The molecule has 1 fully saturated rings. The van der Waals surface area contributed by atoms with E-state index in [0.717, 1.165) is 35.6 Å². The monoisotopic (exact) mass is 325 g/mol. The van der Waals surface area contributed by atoms with Gasteiger partial charge in [-0.2, -0.15) is 0 Å². The van der Waals surface area contributed by atoms with E-state index in [4.69, 9.17) is 4.74 Å². The maximum Gasteiger partial charge on any atom is 0.251 e. The molecule has 0 bridgehead atoms. The van der Waals surface area contributed by atoms with Gasteiger partial charge in [-0.15, -0.1) is 0 Å². The Morgan fingerprint density at radius 1 is 1.47 bits per heavy atom. The van der Waals surface area contributed by atoms with E-state index in [1.54, 1.807) is 0 Å². The predicted octanol–water partition coefficient (Wildman–Crippen LogP) is 3.30. The Labute approximate surface area is 122 Å². The Kier molecular flexibility index (Phi) is 5.40. The lowest BCUT2D eigenvalue weighted by molar-refractivity contribution is 0.0937. The van der Waals surface area contributed by atoms with E-state index in [1.165, 1.54) is 12.8 Å². The Morgan fingerprint density at radius 2 is 2.26 bits per heavy atom. The highest BCUT2D eigenvalue weighted by atomic mass is 79.9. The summed E-state index contributed by atoms with van der Waals surface area (Å²) < 4.78 is 6.55. The van der Waals surface area contributed by atoms with Crippen molar-refractivity contribution < 1.29 is 9.53 Å². The standard InChI is InChI=1S/C15H20BrNO2/c1-11-9-13(5-6-14(11)16)15(18)17-7-2-8-19-10-12-3-4-12/h5-6,9,12H,2-4,7-8,10H2,1H3,(H,17,18). The van der Waals surface area contributed by atoms with Crippen molar-refractivity contribution in [3.63, 3.8) is 0 Å². The van der Waals surface area contributed by atoms with Crippen molar-refractivity contribution in [1.29, 1.82) is 0 Å². The summed E-state index contributed by atoms with van der Waals surface area (Å²) in [6.07, 6.45) is 3.51. The summed E-state index contributed by atoms with van der Waals surface area (Å²) in [5, 5.41) is 2.92. The van der Waals surface area contributed by atoms with Gasteiger partial charge in [-0.25, -0.2) is 0 Å². The summed E-state index contributed by atoms with van der Waals surface area (Å²) in [6, 6.07) is 5.63. The van der Waals surface area contributed by atoms with Crippen molar-refractivity contribution in [3.8, 4) is 0 Å². The average Bonchev–Trinajstić information content (AvgIpc) is 3.20.